The highest BCUT2D eigenvalue weighted by atomic mass is 79.9. The van der Waals surface area contributed by atoms with Crippen LogP contribution in [-0.4, -0.2) is 30.8 Å². The smallest absolute Gasteiger partial charge is 0.266 e. The fourth-order valence-electron chi connectivity index (χ4n) is 1.71. The number of nitrogen functional groups attached to an aromatic ring is 1. The summed E-state index contributed by atoms with van der Waals surface area (Å²) in [5.74, 6) is -0.477. The van der Waals surface area contributed by atoms with E-state index in [1.165, 1.54) is 18.4 Å². The topological polar surface area (TPSA) is 46.3 Å². The van der Waals surface area contributed by atoms with Gasteiger partial charge < -0.3 is 10.6 Å². The van der Waals surface area contributed by atoms with Gasteiger partial charge in [-0.2, -0.15) is 0 Å². The van der Waals surface area contributed by atoms with E-state index in [1.54, 1.807) is 6.07 Å². The standard InChI is InChI=1S/C12H11BrF2N2OS/c1-17(5-9(14)15)12(18)11-10(16)7-3-2-6(13)4-8(7)19-11/h2-4,9H,5,16H2,1H3. The molecular formula is C12H11BrF2N2OS. The van der Waals surface area contributed by atoms with Gasteiger partial charge in [0.1, 0.15) is 4.88 Å². The molecule has 2 aromatic rings. The van der Waals surface area contributed by atoms with Gasteiger partial charge in [-0.05, 0) is 12.1 Å². The molecule has 0 saturated carbocycles. The predicted octanol–water partition coefficient (Wildman–Crippen LogP) is 3.58. The Morgan fingerprint density at radius 1 is 1.53 bits per heavy atom. The molecule has 2 N–H and O–H groups in total. The van der Waals surface area contributed by atoms with E-state index in [0.29, 0.717) is 10.6 Å². The van der Waals surface area contributed by atoms with Crippen molar-refractivity contribution in [2.75, 3.05) is 19.3 Å². The number of fused-ring (bicyclic) bond motifs is 1. The van der Waals surface area contributed by atoms with Crippen LogP contribution in [0.1, 0.15) is 9.67 Å². The molecule has 0 saturated heterocycles. The van der Waals surface area contributed by atoms with Gasteiger partial charge >= 0.3 is 0 Å². The SMILES string of the molecule is CN(CC(F)F)C(=O)c1sc2cc(Br)ccc2c1N. The Labute approximate surface area is 121 Å². The van der Waals surface area contributed by atoms with Gasteiger partial charge in [0.15, 0.2) is 0 Å². The molecular weight excluding hydrogens is 338 g/mol. The van der Waals surface area contributed by atoms with E-state index >= 15 is 0 Å². The molecule has 0 radical (unpaired) electrons. The first-order valence-corrected chi connectivity index (χ1v) is 7.02. The number of anilines is 1. The van der Waals surface area contributed by atoms with Gasteiger partial charge in [-0.1, -0.05) is 22.0 Å². The van der Waals surface area contributed by atoms with E-state index in [0.717, 1.165) is 19.5 Å². The lowest BCUT2D eigenvalue weighted by Gasteiger charge is -2.15. The van der Waals surface area contributed by atoms with Crippen LogP contribution in [0.15, 0.2) is 22.7 Å². The summed E-state index contributed by atoms with van der Waals surface area (Å²) in [5, 5.41) is 0.766. The summed E-state index contributed by atoms with van der Waals surface area (Å²) in [6.07, 6.45) is -2.56. The number of thiophene rings is 1. The quantitative estimate of drug-likeness (QED) is 0.921. The van der Waals surface area contributed by atoms with E-state index in [-0.39, 0.29) is 0 Å². The van der Waals surface area contributed by atoms with Crippen molar-refractivity contribution in [3.8, 4) is 0 Å². The number of carbonyl (C=O) groups excluding carboxylic acids is 1. The molecule has 3 nitrogen and oxygen atoms in total. The number of nitrogens with two attached hydrogens (primary N) is 1. The molecule has 1 amide bonds. The largest absolute Gasteiger partial charge is 0.397 e. The number of nitrogens with zero attached hydrogens (tertiary/aromatic N) is 1. The lowest BCUT2D eigenvalue weighted by atomic mass is 10.2. The maximum absolute atomic E-state index is 12.3. The average molecular weight is 349 g/mol. The predicted molar refractivity (Wildman–Crippen MR) is 76.9 cm³/mol. The molecule has 0 unspecified atom stereocenters. The minimum Gasteiger partial charge on any atom is -0.397 e. The highest BCUT2D eigenvalue weighted by molar-refractivity contribution is 9.10. The summed E-state index contributed by atoms with van der Waals surface area (Å²) in [6.45, 7) is -0.601. The second kappa shape index (κ2) is 5.42. The van der Waals surface area contributed by atoms with Crippen LogP contribution in [0.2, 0.25) is 0 Å². The van der Waals surface area contributed by atoms with Crippen molar-refractivity contribution < 1.29 is 13.6 Å². The van der Waals surface area contributed by atoms with Crippen LogP contribution in [0, 0.1) is 0 Å². The summed E-state index contributed by atoms with van der Waals surface area (Å²) in [4.78, 5) is 13.4. The minimum absolute atomic E-state index is 0.302. The first kappa shape index (κ1) is 14.2. The van der Waals surface area contributed by atoms with E-state index in [4.69, 9.17) is 5.73 Å². The molecule has 0 aliphatic heterocycles. The van der Waals surface area contributed by atoms with Gasteiger partial charge in [-0.3, -0.25) is 4.79 Å². The number of hydrogen-bond donors (Lipinski definition) is 1. The molecule has 0 aliphatic rings. The molecule has 0 atom stereocenters. The number of halogens is 3. The molecule has 1 aromatic heterocycles. The minimum atomic E-state index is -2.56. The molecule has 2 rings (SSSR count). The maximum atomic E-state index is 12.3. The number of hydrogen-bond acceptors (Lipinski definition) is 3. The van der Waals surface area contributed by atoms with Gasteiger partial charge in [0.25, 0.3) is 12.3 Å². The highest BCUT2D eigenvalue weighted by Gasteiger charge is 2.21. The van der Waals surface area contributed by atoms with Crippen LogP contribution in [-0.2, 0) is 0 Å². The Balaban J connectivity index is 2.40. The first-order chi connectivity index (χ1) is 8.90. The van der Waals surface area contributed by atoms with Gasteiger partial charge in [-0.15, -0.1) is 11.3 Å². The highest BCUT2D eigenvalue weighted by Crippen LogP contribution is 2.35. The number of carbonyl (C=O) groups is 1. The summed E-state index contributed by atoms with van der Waals surface area (Å²) in [7, 11) is 1.34. The molecule has 1 aromatic carbocycles. The third-order valence-corrected chi connectivity index (χ3v) is 4.29. The molecule has 0 bridgehead atoms. The van der Waals surface area contributed by atoms with Crippen LogP contribution in [0.5, 0.6) is 0 Å². The Bertz CT molecular complexity index is 629. The molecule has 19 heavy (non-hydrogen) atoms. The van der Waals surface area contributed by atoms with E-state index in [9.17, 15) is 13.6 Å². The Morgan fingerprint density at radius 3 is 2.84 bits per heavy atom. The molecule has 7 heteroatoms. The average Bonchev–Trinajstić information content (AvgIpc) is 2.64. The Morgan fingerprint density at radius 2 is 2.21 bits per heavy atom. The zero-order chi connectivity index (χ0) is 14.2. The van der Waals surface area contributed by atoms with Crippen molar-refractivity contribution in [2.24, 2.45) is 0 Å². The maximum Gasteiger partial charge on any atom is 0.266 e. The molecule has 102 valence electrons. The van der Waals surface area contributed by atoms with Gasteiger partial charge in [-0.25, -0.2) is 8.78 Å². The second-order valence-corrected chi connectivity index (χ2v) is 6.03. The molecule has 0 aliphatic carbocycles. The van der Waals surface area contributed by atoms with Gasteiger partial charge in [0.05, 0.1) is 12.2 Å². The van der Waals surface area contributed by atoms with E-state index < -0.39 is 18.9 Å². The third kappa shape index (κ3) is 2.87. The van der Waals surface area contributed by atoms with E-state index in [1.807, 2.05) is 12.1 Å². The van der Waals surface area contributed by atoms with Crippen LogP contribution < -0.4 is 5.73 Å². The normalized spacial score (nSPS) is 11.2. The van der Waals surface area contributed by atoms with Crippen LogP contribution in [0.3, 0.4) is 0 Å². The summed E-state index contributed by atoms with van der Waals surface area (Å²) < 4.78 is 26.3. The second-order valence-electron chi connectivity index (χ2n) is 4.06. The number of amides is 1. The Hall–Kier alpha value is -1.21. The fraction of sp³-hybridized carbons (Fsp3) is 0.250. The van der Waals surface area contributed by atoms with Crippen molar-refractivity contribution in [1.29, 1.82) is 0 Å². The number of alkyl halides is 2. The van der Waals surface area contributed by atoms with Crippen molar-refractivity contribution in [2.45, 2.75) is 6.43 Å². The monoisotopic (exact) mass is 348 g/mol. The van der Waals surface area contributed by atoms with Crippen LogP contribution >= 0.6 is 27.3 Å². The van der Waals surface area contributed by atoms with Crippen molar-refractivity contribution in [3.05, 3.63) is 27.5 Å². The van der Waals surface area contributed by atoms with Gasteiger partial charge in [0, 0.05) is 21.6 Å². The van der Waals surface area contributed by atoms with Crippen LogP contribution in [0.4, 0.5) is 14.5 Å². The van der Waals surface area contributed by atoms with Crippen molar-refractivity contribution in [3.63, 3.8) is 0 Å². The zero-order valence-electron chi connectivity index (χ0n) is 9.99. The van der Waals surface area contributed by atoms with Crippen molar-refractivity contribution >= 4 is 48.9 Å². The lowest BCUT2D eigenvalue weighted by molar-refractivity contribution is 0.0625. The van der Waals surface area contributed by atoms with Crippen LogP contribution in [0.25, 0.3) is 10.1 Å². The van der Waals surface area contributed by atoms with Gasteiger partial charge in [0.2, 0.25) is 0 Å². The number of benzene rings is 1. The third-order valence-electron chi connectivity index (χ3n) is 2.64. The van der Waals surface area contributed by atoms with Crippen molar-refractivity contribution in [1.82, 2.24) is 4.90 Å². The first-order valence-electron chi connectivity index (χ1n) is 5.41. The number of rotatable bonds is 3. The lowest BCUT2D eigenvalue weighted by Crippen LogP contribution is -2.31. The fourth-order valence-corrected chi connectivity index (χ4v) is 3.38. The Kier molecular flexibility index (Phi) is 4.05. The summed E-state index contributed by atoms with van der Waals surface area (Å²) >= 11 is 4.55. The molecule has 1 heterocycles. The van der Waals surface area contributed by atoms with E-state index in [2.05, 4.69) is 15.9 Å². The summed E-state index contributed by atoms with van der Waals surface area (Å²) in [6, 6.07) is 5.47. The zero-order valence-corrected chi connectivity index (χ0v) is 12.4. The summed E-state index contributed by atoms with van der Waals surface area (Å²) in [5.41, 5.74) is 6.26. The molecule has 0 spiro atoms. The molecule has 0 fully saturated rings.